The van der Waals surface area contributed by atoms with Gasteiger partial charge in [-0.3, -0.25) is 9.63 Å². The van der Waals surface area contributed by atoms with Crippen LogP contribution in [0.1, 0.15) is 19.8 Å². The predicted octanol–water partition coefficient (Wildman–Crippen LogP) is -0.207. The molecule has 4 heteroatoms. The second-order valence-electron chi connectivity index (χ2n) is 1.85. The van der Waals surface area contributed by atoms with Crippen molar-refractivity contribution in [3.63, 3.8) is 0 Å². The van der Waals surface area contributed by atoms with Crippen LogP contribution in [0.15, 0.2) is 0 Å². The molecule has 1 amide bonds. The number of nitrogens with one attached hydrogen (secondary N) is 1. The van der Waals surface area contributed by atoms with Crippen LogP contribution < -0.4 is 11.2 Å². The number of hydrogen-bond acceptors (Lipinski definition) is 3. The van der Waals surface area contributed by atoms with Gasteiger partial charge in [0.15, 0.2) is 0 Å². The number of carbonyl (C=O) groups excluding carboxylic acids is 1. The van der Waals surface area contributed by atoms with Gasteiger partial charge in [0.05, 0.1) is 6.61 Å². The van der Waals surface area contributed by atoms with Gasteiger partial charge in [-0.05, 0) is 19.9 Å². The van der Waals surface area contributed by atoms with Crippen LogP contribution >= 0.6 is 0 Å². The second kappa shape index (κ2) is 6.51. The average Bonchev–Trinajstić information content (AvgIpc) is 1.97. The number of rotatable bonds is 5. The van der Waals surface area contributed by atoms with Gasteiger partial charge in [0.2, 0.25) is 5.91 Å². The lowest BCUT2D eigenvalue weighted by molar-refractivity contribution is -0.133. The van der Waals surface area contributed by atoms with Crippen molar-refractivity contribution in [1.82, 2.24) is 5.48 Å². The number of amides is 1. The molecule has 0 bridgehead atoms. The summed E-state index contributed by atoms with van der Waals surface area (Å²) in [5, 5.41) is 0. The maximum atomic E-state index is 10.7. The molecule has 0 aromatic rings. The second-order valence-corrected chi connectivity index (χ2v) is 1.85. The minimum atomic E-state index is -0.104. The number of hydroxylamine groups is 1. The van der Waals surface area contributed by atoms with Gasteiger partial charge in [0, 0.05) is 6.42 Å². The Kier molecular flexibility index (Phi) is 6.11. The Hall–Kier alpha value is -0.610. The van der Waals surface area contributed by atoms with E-state index in [1.807, 2.05) is 6.92 Å². The average molecular weight is 146 g/mol. The van der Waals surface area contributed by atoms with Crippen molar-refractivity contribution >= 4 is 5.91 Å². The van der Waals surface area contributed by atoms with Crippen molar-refractivity contribution in [2.75, 3.05) is 13.2 Å². The zero-order chi connectivity index (χ0) is 7.82. The van der Waals surface area contributed by atoms with Gasteiger partial charge in [-0.2, -0.15) is 0 Å². The molecule has 0 saturated carbocycles. The van der Waals surface area contributed by atoms with E-state index >= 15 is 0 Å². The first-order valence-electron chi connectivity index (χ1n) is 3.42. The van der Waals surface area contributed by atoms with E-state index in [1.165, 1.54) is 0 Å². The molecule has 0 rings (SSSR count). The molecule has 0 aromatic carbocycles. The molecule has 3 N–H and O–H groups in total. The van der Waals surface area contributed by atoms with E-state index in [-0.39, 0.29) is 5.91 Å². The Morgan fingerprint density at radius 1 is 1.70 bits per heavy atom. The van der Waals surface area contributed by atoms with Crippen LogP contribution in [0, 0.1) is 0 Å². The highest BCUT2D eigenvalue weighted by atomic mass is 16.6. The van der Waals surface area contributed by atoms with Gasteiger partial charge in [-0.1, -0.05) is 0 Å². The Morgan fingerprint density at radius 2 is 2.40 bits per heavy atom. The molecular weight excluding hydrogens is 132 g/mol. The number of nitrogens with two attached hydrogens (primary N) is 1. The number of hydrogen-bond donors (Lipinski definition) is 2. The van der Waals surface area contributed by atoms with Crippen molar-refractivity contribution in [2.24, 2.45) is 5.73 Å². The topological polar surface area (TPSA) is 64.3 Å². The third kappa shape index (κ3) is 5.53. The Bertz CT molecular complexity index is 85.7. The largest absolute Gasteiger partial charge is 0.330 e. The summed E-state index contributed by atoms with van der Waals surface area (Å²) in [6.07, 6.45) is 1.15. The summed E-state index contributed by atoms with van der Waals surface area (Å²) in [5.41, 5.74) is 7.46. The van der Waals surface area contributed by atoms with E-state index in [0.717, 1.165) is 0 Å². The van der Waals surface area contributed by atoms with Crippen molar-refractivity contribution in [1.29, 1.82) is 0 Å². The monoisotopic (exact) mass is 146 g/mol. The first-order valence-corrected chi connectivity index (χ1v) is 3.42. The van der Waals surface area contributed by atoms with Crippen LogP contribution in [0.25, 0.3) is 0 Å². The van der Waals surface area contributed by atoms with Gasteiger partial charge in [-0.25, -0.2) is 5.48 Å². The summed E-state index contributed by atoms with van der Waals surface area (Å²) in [5.74, 6) is -0.104. The van der Waals surface area contributed by atoms with Crippen LogP contribution in [-0.2, 0) is 9.63 Å². The van der Waals surface area contributed by atoms with E-state index in [1.54, 1.807) is 0 Å². The van der Waals surface area contributed by atoms with Gasteiger partial charge in [-0.15, -0.1) is 0 Å². The molecule has 0 aliphatic heterocycles. The molecule has 0 aliphatic carbocycles. The fourth-order valence-electron chi connectivity index (χ4n) is 0.466. The predicted molar refractivity (Wildman–Crippen MR) is 38.1 cm³/mol. The third-order valence-corrected chi connectivity index (χ3v) is 0.938. The molecule has 10 heavy (non-hydrogen) atoms. The maximum Gasteiger partial charge on any atom is 0.243 e. The summed E-state index contributed by atoms with van der Waals surface area (Å²) in [6, 6.07) is 0. The standard InChI is InChI=1S/C6H14N2O2/c1-2-10-8-6(9)4-3-5-7/h2-5,7H2,1H3,(H,8,9). The van der Waals surface area contributed by atoms with E-state index < -0.39 is 0 Å². The molecular formula is C6H14N2O2. The lowest BCUT2D eigenvalue weighted by atomic mass is 10.3. The van der Waals surface area contributed by atoms with Gasteiger partial charge in [0.25, 0.3) is 0 Å². The van der Waals surface area contributed by atoms with Crippen molar-refractivity contribution in [3.8, 4) is 0 Å². The molecule has 0 unspecified atom stereocenters. The highest BCUT2D eigenvalue weighted by Crippen LogP contribution is 1.84. The molecule has 0 heterocycles. The molecule has 0 atom stereocenters. The summed E-state index contributed by atoms with van der Waals surface area (Å²) in [4.78, 5) is 15.3. The SMILES string of the molecule is CCONC(=O)CCCN. The molecule has 0 spiro atoms. The van der Waals surface area contributed by atoms with E-state index in [0.29, 0.717) is 26.0 Å². The summed E-state index contributed by atoms with van der Waals surface area (Å²) in [6.45, 7) is 2.84. The summed E-state index contributed by atoms with van der Waals surface area (Å²) < 4.78 is 0. The number of carbonyl (C=O) groups is 1. The molecule has 0 aromatic heterocycles. The normalized spacial score (nSPS) is 9.40. The Balaban J connectivity index is 3.09. The van der Waals surface area contributed by atoms with Crippen LogP contribution in [0.2, 0.25) is 0 Å². The Morgan fingerprint density at radius 3 is 2.90 bits per heavy atom. The van der Waals surface area contributed by atoms with Gasteiger partial charge < -0.3 is 5.73 Å². The zero-order valence-electron chi connectivity index (χ0n) is 6.22. The molecule has 0 radical (unpaired) electrons. The van der Waals surface area contributed by atoms with Crippen molar-refractivity contribution in [3.05, 3.63) is 0 Å². The lowest BCUT2D eigenvalue weighted by Crippen LogP contribution is -2.23. The van der Waals surface area contributed by atoms with Crippen LogP contribution in [0.3, 0.4) is 0 Å². The minimum Gasteiger partial charge on any atom is -0.330 e. The van der Waals surface area contributed by atoms with Crippen molar-refractivity contribution in [2.45, 2.75) is 19.8 Å². The summed E-state index contributed by atoms with van der Waals surface area (Å²) in [7, 11) is 0. The molecule has 0 saturated heterocycles. The van der Waals surface area contributed by atoms with Gasteiger partial charge >= 0.3 is 0 Å². The highest BCUT2D eigenvalue weighted by molar-refractivity contribution is 5.74. The molecule has 0 aliphatic rings. The molecule has 60 valence electrons. The van der Waals surface area contributed by atoms with Gasteiger partial charge in [0.1, 0.15) is 0 Å². The smallest absolute Gasteiger partial charge is 0.243 e. The summed E-state index contributed by atoms with van der Waals surface area (Å²) >= 11 is 0. The first-order chi connectivity index (χ1) is 4.81. The van der Waals surface area contributed by atoms with Crippen molar-refractivity contribution < 1.29 is 9.63 Å². The Labute approximate surface area is 60.7 Å². The van der Waals surface area contributed by atoms with E-state index in [2.05, 4.69) is 10.3 Å². The molecule has 4 nitrogen and oxygen atoms in total. The fourth-order valence-corrected chi connectivity index (χ4v) is 0.466. The maximum absolute atomic E-state index is 10.7. The quantitative estimate of drug-likeness (QED) is 0.527. The zero-order valence-corrected chi connectivity index (χ0v) is 6.22. The fraction of sp³-hybridized carbons (Fsp3) is 0.833. The minimum absolute atomic E-state index is 0.104. The van der Waals surface area contributed by atoms with Crippen LogP contribution in [-0.4, -0.2) is 19.1 Å². The highest BCUT2D eigenvalue weighted by Gasteiger charge is 1.97. The van der Waals surface area contributed by atoms with E-state index in [9.17, 15) is 4.79 Å². The first kappa shape index (κ1) is 9.39. The van der Waals surface area contributed by atoms with E-state index in [4.69, 9.17) is 5.73 Å². The lowest BCUT2D eigenvalue weighted by Gasteiger charge is -2.01. The molecule has 0 fully saturated rings. The third-order valence-electron chi connectivity index (χ3n) is 0.938. The van der Waals surface area contributed by atoms with Crippen LogP contribution in [0.5, 0.6) is 0 Å². The van der Waals surface area contributed by atoms with Crippen LogP contribution in [0.4, 0.5) is 0 Å².